The number of amides is 3. The van der Waals surface area contributed by atoms with Crippen LogP contribution >= 0.6 is 0 Å². The lowest BCUT2D eigenvalue weighted by atomic mass is 10.1. The number of carbonyl (C=O) groups is 3. The van der Waals surface area contributed by atoms with Crippen molar-refractivity contribution in [1.82, 2.24) is 15.1 Å². The Kier molecular flexibility index (Phi) is 7.91. The van der Waals surface area contributed by atoms with Gasteiger partial charge in [-0.25, -0.2) is 4.39 Å². The van der Waals surface area contributed by atoms with Crippen LogP contribution in [0.5, 0.6) is 11.5 Å². The maximum atomic E-state index is 13.9. The van der Waals surface area contributed by atoms with E-state index in [1.807, 2.05) is 11.0 Å². The zero-order valence-electron chi connectivity index (χ0n) is 23.1. The summed E-state index contributed by atoms with van der Waals surface area (Å²) in [5.74, 6) is 0.00124. The predicted molar refractivity (Wildman–Crippen MR) is 155 cm³/mol. The molecule has 0 saturated carbocycles. The molecular weight excluding hydrogens is 541 g/mol. The van der Waals surface area contributed by atoms with E-state index in [0.29, 0.717) is 74.0 Å². The van der Waals surface area contributed by atoms with Crippen molar-refractivity contribution >= 4 is 29.1 Å². The van der Waals surface area contributed by atoms with E-state index < -0.39 is 11.7 Å². The van der Waals surface area contributed by atoms with Gasteiger partial charge in [-0.05, 0) is 61.0 Å². The maximum absolute atomic E-state index is 13.9. The van der Waals surface area contributed by atoms with E-state index in [4.69, 9.17) is 9.47 Å². The second-order valence-corrected chi connectivity index (χ2v) is 10.4. The average Bonchev–Trinajstić information content (AvgIpc) is 3.36. The van der Waals surface area contributed by atoms with Crippen LogP contribution in [0.4, 0.5) is 15.8 Å². The Morgan fingerprint density at radius 1 is 0.738 bits per heavy atom. The van der Waals surface area contributed by atoms with Crippen molar-refractivity contribution in [3.63, 3.8) is 0 Å². The van der Waals surface area contributed by atoms with Crippen LogP contribution in [0.1, 0.15) is 37.5 Å². The quantitative estimate of drug-likeness (QED) is 0.483. The largest absolute Gasteiger partial charge is 0.454 e. The highest BCUT2D eigenvalue weighted by Gasteiger charge is 2.26. The third-order valence-corrected chi connectivity index (χ3v) is 7.73. The normalized spacial score (nSPS) is 16.6. The van der Waals surface area contributed by atoms with Crippen LogP contribution in [0.25, 0.3) is 0 Å². The molecule has 0 bridgehead atoms. The number of ether oxygens (including phenoxy) is 2. The minimum absolute atomic E-state index is 0.0910. The molecule has 218 valence electrons. The average molecular weight is 574 g/mol. The predicted octanol–water partition coefficient (Wildman–Crippen LogP) is 3.20. The van der Waals surface area contributed by atoms with E-state index in [9.17, 15) is 18.8 Å². The zero-order chi connectivity index (χ0) is 29.1. The molecule has 2 fully saturated rings. The third-order valence-electron chi connectivity index (χ3n) is 7.73. The Hall–Kier alpha value is -4.64. The van der Waals surface area contributed by atoms with Gasteiger partial charge in [-0.3, -0.25) is 14.4 Å². The van der Waals surface area contributed by atoms with Crippen molar-refractivity contribution in [2.75, 3.05) is 69.4 Å². The van der Waals surface area contributed by atoms with E-state index in [0.717, 1.165) is 18.8 Å². The summed E-state index contributed by atoms with van der Waals surface area (Å²) in [6, 6.07) is 16.0. The molecule has 3 aliphatic heterocycles. The van der Waals surface area contributed by atoms with Crippen LogP contribution in [-0.4, -0.2) is 86.7 Å². The first-order chi connectivity index (χ1) is 20.5. The van der Waals surface area contributed by atoms with Gasteiger partial charge in [-0.1, -0.05) is 6.07 Å². The molecule has 11 heteroatoms. The summed E-state index contributed by atoms with van der Waals surface area (Å²) in [5, 5.41) is 6.16. The lowest BCUT2D eigenvalue weighted by Gasteiger charge is -2.29. The number of halogens is 1. The molecular formula is C31H32FN5O5. The number of carbonyl (C=O) groups excluding carboxylic acids is 3. The molecule has 0 unspecified atom stereocenters. The molecule has 6 rings (SSSR count). The van der Waals surface area contributed by atoms with Gasteiger partial charge < -0.3 is 34.8 Å². The van der Waals surface area contributed by atoms with Gasteiger partial charge in [0, 0.05) is 69.0 Å². The van der Waals surface area contributed by atoms with Crippen LogP contribution in [0.2, 0.25) is 0 Å². The lowest BCUT2D eigenvalue weighted by Crippen LogP contribution is -2.46. The van der Waals surface area contributed by atoms with Gasteiger partial charge in [0.25, 0.3) is 17.7 Å². The second-order valence-electron chi connectivity index (χ2n) is 10.4. The number of rotatable bonds is 5. The first-order valence-corrected chi connectivity index (χ1v) is 14.1. The highest BCUT2D eigenvalue weighted by Crippen LogP contribution is 2.33. The highest BCUT2D eigenvalue weighted by atomic mass is 19.1. The summed E-state index contributed by atoms with van der Waals surface area (Å²) in [5.41, 5.74) is 2.36. The number of benzene rings is 3. The minimum Gasteiger partial charge on any atom is -0.454 e. The van der Waals surface area contributed by atoms with E-state index in [1.165, 1.54) is 18.2 Å². The number of fused-ring (bicyclic) bond motifs is 1. The van der Waals surface area contributed by atoms with Gasteiger partial charge >= 0.3 is 0 Å². The van der Waals surface area contributed by atoms with Crippen LogP contribution in [0.15, 0.2) is 60.7 Å². The Bertz CT molecular complexity index is 1510. The topological polar surface area (TPSA) is 103 Å². The molecule has 2 saturated heterocycles. The summed E-state index contributed by atoms with van der Waals surface area (Å²) in [4.78, 5) is 45.5. The van der Waals surface area contributed by atoms with Crippen molar-refractivity contribution in [2.24, 2.45) is 0 Å². The van der Waals surface area contributed by atoms with Gasteiger partial charge in [0.05, 0.1) is 11.4 Å². The van der Waals surface area contributed by atoms with Crippen molar-refractivity contribution in [2.45, 2.75) is 6.42 Å². The Balaban J connectivity index is 1.23. The van der Waals surface area contributed by atoms with Crippen LogP contribution in [0, 0.1) is 5.82 Å². The van der Waals surface area contributed by atoms with E-state index in [-0.39, 0.29) is 24.2 Å². The summed E-state index contributed by atoms with van der Waals surface area (Å²) < 4.78 is 24.7. The summed E-state index contributed by atoms with van der Waals surface area (Å²) >= 11 is 0. The number of anilines is 2. The minimum atomic E-state index is -0.509. The highest BCUT2D eigenvalue weighted by molar-refractivity contribution is 6.07. The van der Waals surface area contributed by atoms with Gasteiger partial charge in [0.2, 0.25) is 6.79 Å². The molecule has 3 aromatic carbocycles. The van der Waals surface area contributed by atoms with Gasteiger partial charge in [0.1, 0.15) is 5.82 Å². The SMILES string of the molecule is O=C(Nc1cc(C(=O)N2CCNCC2)ccc1N1CCCN(C(=O)c2ccc3c(c2)OCO3)CC1)c1cccc(F)c1. The monoisotopic (exact) mass is 573 g/mol. The number of nitrogens with zero attached hydrogens (tertiary/aromatic N) is 3. The molecule has 3 amide bonds. The fourth-order valence-electron chi connectivity index (χ4n) is 5.49. The Morgan fingerprint density at radius 3 is 2.29 bits per heavy atom. The first-order valence-electron chi connectivity index (χ1n) is 14.1. The maximum Gasteiger partial charge on any atom is 0.255 e. The van der Waals surface area contributed by atoms with Crippen molar-refractivity contribution in [1.29, 1.82) is 0 Å². The molecule has 0 spiro atoms. The van der Waals surface area contributed by atoms with Gasteiger partial charge in [-0.15, -0.1) is 0 Å². The molecule has 0 atom stereocenters. The van der Waals surface area contributed by atoms with Gasteiger partial charge in [0.15, 0.2) is 11.5 Å². The molecule has 2 N–H and O–H groups in total. The van der Waals surface area contributed by atoms with Crippen molar-refractivity contribution < 1.29 is 28.2 Å². The molecule has 10 nitrogen and oxygen atoms in total. The number of piperazine rings is 1. The van der Waals surface area contributed by atoms with Crippen molar-refractivity contribution in [3.05, 3.63) is 83.2 Å². The summed E-state index contributed by atoms with van der Waals surface area (Å²) in [7, 11) is 0. The molecule has 3 heterocycles. The smallest absolute Gasteiger partial charge is 0.255 e. The van der Waals surface area contributed by atoms with E-state index in [1.54, 1.807) is 41.3 Å². The summed E-state index contributed by atoms with van der Waals surface area (Å²) in [6.45, 7) is 4.98. The van der Waals surface area contributed by atoms with Gasteiger partial charge in [-0.2, -0.15) is 0 Å². The summed E-state index contributed by atoms with van der Waals surface area (Å²) in [6.07, 6.45) is 0.703. The first kappa shape index (κ1) is 27.5. The number of hydrogen-bond donors (Lipinski definition) is 2. The Morgan fingerprint density at radius 2 is 1.48 bits per heavy atom. The molecule has 0 aliphatic carbocycles. The van der Waals surface area contributed by atoms with Crippen LogP contribution in [-0.2, 0) is 0 Å². The number of hydrogen-bond acceptors (Lipinski definition) is 7. The lowest BCUT2D eigenvalue weighted by molar-refractivity contribution is 0.0734. The van der Waals surface area contributed by atoms with E-state index >= 15 is 0 Å². The molecule has 42 heavy (non-hydrogen) atoms. The fourth-order valence-corrected chi connectivity index (χ4v) is 5.49. The number of nitrogens with one attached hydrogen (secondary N) is 2. The standard InChI is InChI=1S/C31H32FN5O5/c32-24-4-1-3-21(17-24)29(38)34-25-18-22(30(39)37-13-9-33-10-14-37)5-7-26(25)35-11-2-12-36(16-15-35)31(40)23-6-8-27-28(19-23)42-20-41-27/h1,3-8,17-19,33H,2,9-16,20H2,(H,34,38). The third kappa shape index (κ3) is 5.87. The molecule has 0 aromatic heterocycles. The van der Waals surface area contributed by atoms with Crippen LogP contribution < -0.4 is 25.0 Å². The Labute approximate surface area is 243 Å². The van der Waals surface area contributed by atoms with Crippen molar-refractivity contribution in [3.8, 4) is 11.5 Å². The van der Waals surface area contributed by atoms with Crippen LogP contribution in [0.3, 0.4) is 0 Å². The second kappa shape index (κ2) is 12.1. The molecule has 0 radical (unpaired) electrons. The molecule has 3 aliphatic rings. The molecule has 3 aromatic rings. The van der Waals surface area contributed by atoms with E-state index in [2.05, 4.69) is 15.5 Å². The fraction of sp³-hybridized carbons (Fsp3) is 0.323. The zero-order valence-corrected chi connectivity index (χ0v) is 23.1.